The fourth-order valence-electron chi connectivity index (χ4n) is 3.39. The molecule has 4 aromatic carbocycles. The largest absolute Gasteiger partial charge is 0.497 e. The molecule has 0 aliphatic rings. The number of esters is 2. The summed E-state index contributed by atoms with van der Waals surface area (Å²) in [6.45, 7) is 0. The van der Waals surface area contributed by atoms with Crippen molar-refractivity contribution in [3.63, 3.8) is 0 Å². The second-order valence-corrected chi connectivity index (χ2v) is 7.90. The molecule has 0 bridgehead atoms. The van der Waals surface area contributed by atoms with E-state index in [4.69, 9.17) is 23.7 Å². The first-order chi connectivity index (χ1) is 18.5. The first kappa shape index (κ1) is 26.0. The maximum atomic E-state index is 12.9. The van der Waals surface area contributed by atoms with Gasteiger partial charge in [-0.1, -0.05) is 6.07 Å². The van der Waals surface area contributed by atoms with Gasteiger partial charge < -0.3 is 23.7 Å². The van der Waals surface area contributed by atoms with E-state index in [1.54, 1.807) is 94.3 Å². The van der Waals surface area contributed by atoms with E-state index >= 15 is 0 Å². The van der Waals surface area contributed by atoms with Crippen molar-refractivity contribution in [1.82, 2.24) is 0 Å². The Bertz CT molecular complexity index is 1440. The molecule has 0 saturated carbocycles. The van der Waals surface area contributed by atoms with Gasteiger partial charge in [-0.3, -0.25) is 4.99 Å². The van der Waals surface area contributed by atoms with Crippen molar-refractivity contribution in [2.24, 2.45) is 4.99 Å². The maximum Gasteiger partial charge on any atom is 0.343 e. The molecule has 0 radical (unpaired) electrons. The van der Waals surface area contributed by atoms with Crippen LogP contribution in [-0.2, 0) is 0 Å². The van der Waals surface area contributed by atoms with Crippen molar-refractivity contribution in [2.75, 3.05) is 21.3 Å². The molecule has 0 atom stereocenters. The number of hydrogen-bond acceptors (Lipinski definition) is 8. The minimum Gasteiger partial charge on any atom is -0.497 e. The highest BCUT2D eigenvalue weighted by molar-refractivity contribution is 5.94. The van der Waals surface area contributed by atoms with E-state index in [0.29, 0.717) is 39.6 Å². The molecule has 4 aromatic rings. The maximum absolute atomic E-state index is 12.9. The third-order valence-electron chi connectivity index (χ3n) is 5.46. The smallest absolute Gasteiger partial charge is 0.343 e. The van der Waals surface area contributed by atoms with E-state index in [1.165, 1.54) is 6.07 Å². The molecule has 0 amide bonds. The van der Waals surface area contributed by atoms with E-state index in [-0.39, 0.29) is 11.5 Å². The van der Waals surface area contributed by atoms with Crippen LogP contribution < -0.4 is 23.7 Å². The molecule has 0 aromatic heterocycles. The molecular formula is C30H25NO7. The first-order valence-electron chi connectivity index (χ1n) is 11.5. The zero-order valence-corrected chi connectivity index (χ0v) is 21.0. The van der Waals surface area contributed by atoms with E-state index in [9.17, 15) is 9.59 Å². The number of carbonyl (C=O) groups excluding carboxylic acids is 2. The summed E-state index contributed by atoms with van der Waals surface area (Å²) in [6, 6.07) is 25.0. The minimum atomic E-state index is -0.595. The van der Waals surface area contributed by atoms with Crippen molar-refractivity contribution in [2.45, 2.75) is 0 Å². The van der Waals surface area contributed by atoms with E-state index in [1.807, 2.05) is 18.2 Å². The molecule has 0 fully saturated rings. The number of carbonyl (C=O) groups is 2. The lowest BCUT2D eigenvalue weighted by molar-refractivity contribution is 0.0732. The fraction of sp³-hybridized carbons (Fsp3) is 0.100. The Labute approximate surface area is 220 Å². The number of benzene rings is 4. The minimum absolute atomic E-state index is 0.164. The molecule has 192 valence electrons. The number of rotatable bonds is 9. The molecule has 4 rings (SSSR count). The predicted octanol–water partition coefficient (Wildman–Crippen LogP) is 5.90. The highest BCUT2D eigenvalue weighted by atomic mass is 16.5. The van der Waals surface area contributed by atoms with Crippen LogP contribution in [0.4, 0.5) is 5.69 Å². The fourth-order valence-corrected chi connectivity index (χ4v) is 3.39. The summed E-state index contributed by atoms with van der Waals surface area (Å²) in [7, 11) is 4.66. The Balaban J connectivity index is 1.61. The number of hydrogen-bond donors (Lipinski definition) is 0. The van der Waals surface area contributed by atoms with Crippen LogP contribution in [0.15, 0.2) is 96.0 Å². The van der Waals surface area contributed by atoms with Gasteiger partial charge in [-0.2, -0.15) is 0 Å². The summed E-state index contributed by atoms with van der Waals surface area (Å²) >= 11 is 0. The lowest BCUT2D eigenvalue weighted by Crippen LogP contribution is -2.11. The molecule has 0 heterocycles. The van der Waals surface area contributed by atoms with Crippen molar-refractivity contribution < 1.29 is 33.3 Å². The molecule has 8 nitrogen and oxygen atoms in total. The van der Waals surface area contributed by atoms with Crippen LogP contribution in [0, 0.1) is 0 Å². The van der Waals surface area contributed by atoms with Crippen LogP contribution in [0.2, 0.25) is 0 Å². The summed E-state index contributed by atoms with van der Waals surface area (Å²) in [4.78, 5) is 30.0. The topological polar surface area (TPSA) is 92.7 Å². The Morgan fingerprint density at radius 2 is 1.16 bits per heavy atom. The average Bonchev–Trinajstić information content (AvgIpc) is 2.97. The van der Waals surface area contributed by atoms with Crippen LogP contribution >= 0.6 is 0 Å². The van der Waals surface area contributed by atoms with Gasteiger partial charge in [0.15, 0.2) is 0 Å². The van der Waals surface area contributed by atoms with Crippen molar-refractivity contribution >= 4 is 23.8 Å². The number of ether oxygens (including phenoxy) is 5. The summed E-state index contributed by atoms with van der Waals surface area (Å²) in [6.07, 6.45) is 1.56. The van der Waals surface area contributed by atoms with Gasteiger partial charge >= 0.3 is 11.9 Å². The Hall–Kier alpha value is -5.11. The van der Waals surface area contributed by atoms with Gasteiger partial charge in [-0.25, -0.2) is 9.59 Å². The normalized spacial score (nSPS) is 10.6. The van der Waals surface area contributed by atoms with Gasteiger partial charge in [0.2, 0.25) is 0 Å². The van der Waals surface area contributed by atoms with Gasteiger partial charge in [0.05, 0.1) is 38.1 Å². The SMILES string of the molecule is COc1ccc(C(=O)Oc2ccc(C=Nc3cccc(OC)c3)c(OC(=O)c3ccc(OC)cc3)c2)cc1. The van der Waals surface area contributed by atoms with Crippen LogP contribution in [0.1, 0.15) is 26.3 Å². The summed E-state index contributed by atoms with van der Waals surface area (Å²) in [5.74, 6) is 1.08. The second kappa shape index (κ2) is 12.2. The van der Waals surface area contributed by atoms with Gasteiger partial charge in [-0.05, 0) is 72.8 Å². The van der Waals surface area contributed by atoms with Crippen LogP contribution in [0.3, 0.4) is 0 Å². The number of aliphatic imine (C=N–C) groups is 1. The van der Waals surface area contributed by atoms with E-state index < -0.39 is 11.9 Å². The molecule has 0 aliphatic carbocycles. The van der Waals surface area contributed by atoms with Gasteiger partial charge in [0.25, 0.3) is 0 Å². The van der Waals surface area contributed by atoms with Crippen molar-refractivity contribution in [1.29, 1.82) is 0 Å². The average molecular weight is 512 g/mol. The highest BCUT2D eigenvalue weighted by Gasteiger charge is 2.15. The van der Waals surface area contributed by atoms with Crippen molar-refractivity contribution in [3.05, 3.63) is 108 Å². The van der Waals surface area contributed by atoms with Crippen LogP contribution in [0.5, 0.6) is 28.7 Å². The lowest BCUT2D eigenvalue weighted by Gasteiger charge is -2.11. The van der Waals surface area contributed by atoms with Gasteiger partial charge in [0, 0.05) is 23.9 Å². The Morgan fingerprint density at radius 3 is 1.74 bits per heavy atom. The predicted molar refractivity (Wildman–Crippen MR) is 143 cm³/mol. The third kappa shape index (κ3) is 6.55. The first-order valence-corrected chi connectivity index (χ1v) is 11.5. The monoisotopic (exact) mass is 511 g/mol. The van der Waals surface area contributed by atoms with Gasteiger partial charge in [0.1, 0.15) is 28.7 Å². The zero-order valence-electron chi connectivity index (χ0n) is 21.0. The van der Waals surface area contributed by atoms with Crippen molar-refractivity contribution in [3.8, 4) is 28.7 Å². The molecule has 8 heteroatoms. The van der Waals surface area contributed by atoms with Crippen LogP contribution in [0.25, 0.3) is 0 Å². The quantitative estimate of drug-likeness (QED) is 0.157. The van der Waals surface area contributed by atoms with E-state index in [0.717, 1.165) is 0 Å². The summed E-state index contributed by atoms with van der Waals surface area (Å²) in [5, 5.41) is 0. The molecule has 38 heavy (non-hydrogen) atoms. The number of nitrogens with zero attached hydrogens (tertiary/aromatic N) is 1. The Morgan fingerprint density at radius 1 is 0.605 bits per heavy atom. The molecule has 0 spiro atoms. The lowest BCUT2D eigenvalue weighted by atomic mass is 10.2. The highest BCUT2D eigenvalue weighted by Crippen LogP contribution is 2.27. The Kier molecular flexibility index (Phi) is 8.35. The third-order valence-corrected chi connectivity index (χ3v) is 5.46. The van der Waals surface area contributed by atoms with Crippen LogP contribution in [-0.4, -0.2) is 39.5 Å². The van der Waals surface area contributed by atoms with E-state index in [2.05, 4.69) is 4.99 Å². The molecule has 0 saturated heterocycles. The molecule has 0 aliphatic heterocycles. The molecule has 0 unspecified atom stereocenters. The zero-order chi connectivity index (χ0) is 26.9. The summed E-state index contributed by atoms with van der Waals surface area (Å²) < 4.78 is 26.7. The second-order valence-electron chi connectivity index (χ2n) is 7.90. The molecular weight excluding hydrogens is 486 g/mol. The molecule has 0 N–H and O–H groups in total. The number of methoxy groups -OCH3 is 3. The summed E-state index contributed by atoms with van der Waals surface area (Å²) in [5.41, 5.74) is 1.80. The standard InChI is InChI=1S/C30H25NO7/c1-34-24-12-7-20(8-13-24)29(32)37-27-16-11-22(19-31-23-5-4-6-26(17-23)36-3)28(18-27)38-30(33)21-9-14-25(35-2)15-10-21/h4-19H,1-3H3. The van der Waals surface area contributed by atoms with Gasteiger partial charge in [-0.15, -0.1) is 0 Å².